The quantitative estimate of drug-likeness (QED) is 0.626. The number of hydrogen-bond donors (Lipinski definition) is 1. The van der Waals surface area contributed by atoms with Gasteiger partial charge in [-0.15, -0.1) is 0 Å². The van der Waals surface area contributed by atoms with Crippen molar-refractivity contribution in [2.24, 2.45) is 34.5 Å². The van der Waals surface area contributed by atoms with Gasteiger partial charge in [0.05, 0.1) is 5.25 Å². The van der Waals surface area contributed by atoms with Crippen LogP contribution in [0, 0.1) is 34.5 Å². The Hall–Kier alpha value is -0.620. The highest BCUT2D eigenvalue weighted by molar-refractivity contribution is 7.90. The number of hydrogen-bond acceptors (Lipinski definition) is 4. The smallest absolute Gasteiger partial charge is 0.306 e. The maximum atomic E-state index is 12.4. The van der Waals surface area contributed by atoms with Gasteiger partial charge in [0.1, 0.15) is 5.60 Å². The zero-order chi connectivity index (χ0) is 22.2. The molecule has 0 aromatic heterocycles. The molecule has 8 atom stereocenters. The van der Waals surface area contributed by atoms with Crippen LogP contribution in [0.2, 0.25) is 0 Å². The number of carbonyl (C=O) groups excluding carboxylic acids is 1. The summed E-state index contributed by atoms with van der Waals surface area (Å²) < 4.78 is 33.9. The maximum Gasteiger partial charge on any atom is 0.306 e. The van der Waals surface area contributed by atoms with Crippen molar-refractivity contribution in [3.63, 3.8) is 0 Å². The molecule has 0 radical (unpaired) electrons. The van der Waals surface area contributed by atoms with E-state index in [2.05, 4.69) is 18.6 Å². The molecule has 1 aliphatic heterocycles. The highest BCUT2D eigenvalue weighted by atomic mass is 32.2. The van der Waals surface area contributed by atoms with Crippen molar-refractivity contribution < 1.29 is 17.9 Å². The Bertz CT molecular complexity index is 856. The van der Waals surface area contributed by atoms with Crippen LogP contribution < -0.4 is 4.72 Å². The molecule has 4 saturated carbocycles. The van der Waals surface area contributed by atoms with Crippen molar-refractivity contribution in [2.75, 3.05) is 0 Å². The summed E-state index contributed by atoms with van der Waals surface area (Å²) >= 11 is 0. The van der Waals surface area contributed by atoms with Crippen LogP contribution >= 0.6 is 0 Å². The minimum atomic E-state index is -3.21. The molecule has 4 aliphatic carbocycles. The van der Waals surface area contributed by atoms with E-state index in [0.717, 1.165) is 43.9 Å². The molecule has 6 heteroatoms. The van der Waals surface area contributed by atoms with Crippen LogP contribution in [0.4, 0.5) is 0 Å². The molecular formula is C25H41NO4S. The molecule has 0 aromatic carbocycles. The summed E-state index contributed by atoms with van der Waals surface area (Å²) in [5, 5.41) is -0.369. The molecule has 1 N–H and O–H groups in total. The molecule has 1 spiro atoms. The lowest BCUT2D eigenvalue weighted by molar-refractivity contribution is -0.174. The molecule has 31 heavy (non-hydrogen) atoms. The second-order valence-corrected chi connectivity index (χ2v) is 14.6. The molecule has 0 bridgehead atoms. The number of esters is 1. The normalized spacial score (nSPS) is 49.6. The lowest BCUT2D eigenvalue weighted by Gasteiger charge is -2.61. The largest absolute Gasteiger partial charge is 0.458 e. The number of carbonyl (C=O) groups is 1. The Morgan fingerprint density at radius 3 is 2.39 bits per heavy atom. The van der Waals surface area contributed by atoms with E-state index in [0.29, 0.717) is 23.7 Å². The molecule has 5 rings (SSSR count). The second-order valence-electron chi connectivity index (χ2n) is 12.3. The van der Waals surface area contributed by atoms with Crippen molar-refractivity contribution in [1.29, 1.82) is 0 Å². The van der Waals surface area contributed by atoms with E-state index in [1.54, 1.807) is 13.8 Å². The van der Waals surface area contributed by atoms with Gasteiger partial charge in [-0.25, -0.2) is 13.1 Å². The number of fused-ring (bicyclic) bond motifs is 6. The Morgan fingerprint density at radius 2 is 1.71 bits per heavy atom. The number of sulfonamides is 1. The highest BCUT2D eigenvalue weighted by Crippen LogP contribution is 2.70. The first-order chi connectivity index (χ1) is 14.5. The van der Waals surface area contributed by atoms with E-state index in [-0.39, 0.29) is 28.3 Å². The summed E-state index contributed by atoms with van der Waals surface area (Å²) in [7, 11) is -3.21. The third kappa shape index (κ3) is 3.17. The van der Waals surface area contributed by atoms with Crippen LogP contribution in [0.25, 0.3) is 0 Å². The average Bonchev–Trinajstić information content (AvgIpc) is 3.22. The Morgan fingerprint density at radius 1 is 0.968 bits per heavy atom. The summed E-state index contributed by atoms with van der Waals surface area (Å²) in [6.07, 6.45) is 11.8. The third-order valence-electron chi connectivity index (χ3n) is 10.9. The number of ether oxygens (including phenoxy) is 1. The van der Waals surface area contributed by atoms with Gasteiger partial charge in [0.25, 0.3) is 0 Å². The maximum absolute atomic E-state index is 12.4. The van der Waals surface area contributed by atoms with Crippen LogP contribution in [-0.4, -0.2) is 31.3 Å². The summed E-state index contributed by atoms with van der Waals surface area (Å²) in [6, 6.07) is 0.100. The second kappa shape index (κ2) is 7.19. The lowest BCUT2D eigenvalue weighted by atomic mass is 9.44. The molecule has 5 fully saturated rings. The first kappa shape index (κ1) is 22.2. The molecule has 5 nitrogen and oxygen atoms in total. The van der Waals surface area contributed by atoms with Crippen molar-refractivity contribution >= 4 is 16.0 Å². The molecule has 5 aliphatic rings. The average molecular weight is 452 g/mol. The van der Waals surface area contributed by atoms with Crippen LogP contribution in [0.3, 0.4) is 0 Å². The van der Waals surface area contributed by atoms with Crippen LogP contribution in [0.15, 0.2) is 0 Å². The SMILES string of the molecule is CC(C)S(=O)(=O)N[C@@H]1CC[C@@]2(C)[C@H](CC[C@@H]3[C@@H]2CC[C@@]2(C)[C@H]3CC[C@@]23CCC(=O)O3)C1. The van der Waals surface area contributed by atoms with E-state index in [4.69, 9.17) is 4.74 Å². The van der Waals surface area contributed by atoms with Crippen LogP contribution in [0.1, 0.15) is 98.3 Å². The molecular weight excluding hydrogens is 410 g/mol. The Kier molecular flexibility index (Phi) is 5.14. The molecule has 1 saturated heterocycles. The van der Waals surface area contributed by atoms with Gasteiger partial charge in [0.2, 0.25) is 10.0 Å². The fourth-order valence-corrected chi connectivity index (χ4v) is 9.98. The standard InChI is InChI=1S/C25H41NO4S/c1-16(2)31(28,29)26-18-7-11-23(3)17(15-18)5-6-19-20(23)8-12-24(4)21(19)9-13-25(24)14-10-22(27)30-25/h16-21,26H,5-15H2,1-4H3/t17-,18-,19-,20+,21+,23+,24+,25-/m1/s1. The summed E-state index contributed by atoms with van der Waals surface area (Å²) in [5.74, 6) is 2.78. The van der Waals surface area contributed by atoms with Crippen LogP contribution in [0.5, 0.6) is 0 Å². The van der Waals surface area contributed by atoms with Crippen molar-refractivity contribution in [3.8, 4) is 0 Å². The first-order valence-electron chi connectivity index (χ1n) is 12.7. The van der Waals surface area contributed by atoms with Gasteiger partial charge < -0.3 is 4.74 Å². The molecule has 176 valence electrons. The van der Waals surface area contributed by atoms with E-state index >= 15 is 0 Å². The van der Waals surface area contributed by atoms with Gasteiger partial charge in [0.15, 0.2) is 0 Å². The Balaban J connectivity index is 1.33. The monoisotopic (exact) mass is 451 g/mol. The van der Waals surface area contributed by atoms with E-state index in [1.807, 2.05) is 0 Å². The molecule has 0 amide bonds. The zero-order valence-corrected chi connectivity index (χ0v) is 20.6. The van der Waals surface area contributed by atoms with Crippen molar-refractivity contribution in [3.05, 3.63) is 0 Å². The number of rotatable bonds is 3. The highest BCUT2D eigenvalue weighted by Gasteiger charge is 2.67. The Labute approximate surface area is 188 Å². The van der Waals surface area contributed by atoms with Gasteiger partial charge in [-0.2, -0.15) is 0 Å². The van der Waals surface area contributed by atoms with Crippen molar-refractivity contribution in [1.82, 2.24) is 4.72 Å². The van der Waals surface area contributed by atoms with E-state index in [1.165, 1.54) is 32.1 Å². The summed E-state index contributed by atoms with van der Waals surface area (Å²) in [4.78, 5) is 12.0. The predicted molar refractivity (Wildman–Crippen MR) is 121 cm³/mol. The van der Waals surface area contributed by atoms with E-state index in [9.17, 15) is 13.2 Å². The van der Waals surface area contributed by atoms with Gasteiger partial charge in [-0.1, -0.05) is 13.8 Å². The fourth-order valence-electron chi connectivity index (χ4n) is 9.03. The first-order valence-corrected chi connectivity index (χ1v) is 14.3. The molecule has 1 heterocycles. The van der Waals surface area contributed by atoms with Crippen LogP contribution in [-0.2, 0) is 19.6 Å². The number of nitrogens with one attached hydrogen (secondary N) is 1. The van der Waals surface area contributed by atoms with Gasteiger partial charge in [-0.3, -0.25) is 4.79 Å². The van der Waals surface area contributed by atoms with Gasteiger partial charge >= 0.3 is 5.97 Å². The minimum absolute atomic E-state index is 0.0156. The minimum Gasteiger partial charge on any atom is -0.458 e. The fraction of sp³-hybridized carbons (Fsp3) is 0.960. The molecule has 0 aromatic rings. The van der Waals surface area contributed by atoms with E-state index < -0.39 is 10.0 Å². The van der Waals surface area contributed by atoms with Gasteiger partial charge in [-0.05, 0) is 107 Å². The predicted octanol–water partition coefficient (Wildman–Crippen LogP) is 4.80. The third-order valence-corrected chi connectivity index (χ3v) is 12.9. The zero-order valence-electron chi connectivity index (χ0n) is 19.8. The summed E-state index contributed by atoms with van der Waals surface area (Å²) in [5.41, 5.74) is 0.282. The lowest BCUT2D eigenvalue weighted by Crippen LogP contribution is -2.57. The topological polar surface area (TPSA) is 72.5 Å². The summed E-state index contributed by atoms with van der Waals surface area (Å²) in [6.45, 7) is 8.47. The molecule has 0 unspecified atom stereocenters. The van der Waals surface area contributed by atoms with Gasteiger partial charge in [0, 0.05) is 17.9 Å². The van der Waals surface area contributed by atoms with Crippen molar-refractivity contribution in [2.45, 2.75) is 115 Å².